The first kappa shape index (κ1) is 25.5. The van der Waals surface area contributed by atoms with Gasteiger partial charge in [-0.15, -0.1) is 0 Å². The van der Waals surface area contributed by atoms with E-state index in [4.69, 9.17) is 20.0 Å². The van der Waals surface area contributed by atoms with Crippen LogP contribution in [0.1, 0.15) is 53.3 Å². The maximum absolute atomic E-state index is 13.0. The molecule has 2 aliphatic heterocycles. The van der Waals surface area contributed by atoms with Crippen LogP contribution in [-0.2, 0) is 4.79 Å². The Balaban J connectivity index is 0.000000384. The van der Waals surface area contributed by atoms with Crippen molar-refractivity contribution >= 4 is 23.2 Å². The molecule has 0 aliphatic carbocycles. The van der Waals surface area contributed by atoms with Crippen molar-refractivity contribution in [1.29, 1.82) is 0 Å². The molecule has 192 valence electrons. The van der Waals surface area contributed by atoms with Crippen molar-refractivity contribution in [3.05, 3.63) is 59.5 Å². The van der Waals surface area contributed by atoms with Gasteiger partial charge in [-0.25, -0.2) is 14.3 Å². The number of likely N-dealkylation sites (tertiary alicyclic amines) is 1. The number of piperidine rings is 1. The van der Waals surface area contributed by atoms with Gasteiger partial charge in [0.1, 0.15) is 0 Å². The molecule has 1 aromatic carbocycles. The van der Waals surface area contributed by atoms with Crippen LogP contribution in [0.5, 0.6) is 0 Å². The van der Waals surface area contributed by atoms with E-state index < -0.39 is 12.1 Å². The quantitative estimate of drug-likeness (QED) is 0.574. The van der Waals surface area contributed by atoms with Crippen molar-refractivity contribution in [3.63, 3.8) is 0 Å². The minimum Gasteiger partial charge on any atom is -0.475 e. The van der Waals surface area contributed by atoms with Crippen molar-refractivity contribution in [2.45, 2.75) is 44.7 Å². The van der Waals surface area contributed by atoms with Gasteiger partial charge >= 0.3 is 12.1 Å². The van der Waals surface area contributed by atoms with Gasteiger partial charge in [-0.05, 0) is 56.9 Å². The van der Waals surface area contributed by atoms with E-state index >= 15 is 0 Å². The number of carboxylic acid groups (broad SMARTS) is 1. The zero-order valence-corrected chi connectivity index (χ0v) is 19.9. The van der Waals surface area contributed by atoms with Gasteiger partial charge in [0, 0.05) is 37.7 Å². The Morgan fingerprint density at radius 3 is 2.44 bits per heavy atom. The third-order valence-corrected chi connectivity index (χ3v) is 6.38. The van der Waals surface area contributed by atoms with E-state index in [0.717, 1.165) is 55.1 Å². The first-order chi connectivity index (χ1) is 17.1. The third kappa shape index (κ3) is 5.95. The van der Waals surface area contributed by atoms with Crippen LogP contribution >= 0.6 is 0 Å². The minimum absolute atomic E-state index is 0.110. The Hall–Kier alpha value is -3.63. The van der Waals surface area contributed by atoms with Gasteiger partial charge < -0.3 is 14.9 Å². The molecule has 36 heavy (non-hydrogen) atoms. The van der Waals surface area contributed by atoms with Crippen LogP contribution < -0.4 is 4.90 Å². The van der Waals surface area contributed by atoms with Crippen LogP contribution in [0.15, 0.2) is 42.6 Å². The molecule has 11 heteroatoms. The Morgan fingerprint density at radius 2 is 1.78 bits per heavy atom. The van der Waals surface area contributed by atoms with Crippen LogP contribution in [0.4, 0.5) is 18.9 Å². The maximum Gasteiger partial charge on any atom is 0.490 e. The average Bonchev–Trinajstić information content (AvgIpc) is 3.53. The van der Waals surface area contributed by atoms with Gasteiger partial charge in [-0.1, -0.05) is 17.7 Å². The number of hydrogen-bond acceptors (Lipinski definition) is 5. The number of aliphatic carboxylic acids is 1. The van der Waals surface area contributed by atoms with E-state index in [1.54, 1.807) is 0 Å². The number of pyridine rings is 1. The number of alkyl halides is 3. The number of fused-ring (bicyclic) bond motifs is 1. The highest BCUT2D eigenvalue weighted by atomic mass is 19.4. The number of benzene rings is 1. The topological polar surface area (TPSA) is 91.0 Å². The third-order valence-electron chi connectivity index (χ3n) is 6.38. The zero-order chi connectivity index (χ0) is 25.9. The van der Waals surface area contributed by atoms with Crippen molar-refractivity contribution in [2.75, 3.05) is 31.1 Å². The van der Waals surface area contributed by atoms with Gasteiger partial charge in [0.15, 0.2) is 11.5 Å². The van der Waals surface area contributed by atoms with E-state index in [1.165, 1.54) is 18.5 Å². The molecule has 0 spiro atoms. The molecule has 2 fully saturated rings. The second kappa shape index (κ2) is 10.5. The van der Waals surface area contributed by atoms with Crippen LogP contribution in [0.2, 0.25) is 0 Å². The monoisotopic (exact) mass is 503 g/mol. The molecule has 2 aromatic heterocycles. The summed E-state index contributed by atoms with van der Waals surface area (Å²) in [6, 6.07) is 12.0. The SMILES string of the molecule is Cc1cccc(C(=O)N2CCCC(c3nc4ccc(N5CCCC5)cn4n3)C2)c1.O=C(O)C(F)(F)F. The van der Waals surface area contributed by atoms with E-state index in [1.807, 2.05) is 40.6 Å². The second-order valence-electron chi connectivity index (χ2n) is 9.12. The predicted molar refractivity (Wildman–Crippen MR) is 127 cm³/mol. The highest BCUT2D eigenvalue weighted by Gasteiger charge is 2.38. The van der Waals surface area contributed by atoms with Crippen LogP contribution in [0, 0.1) is 6.92 Å². The second-order valence-corrected chi connectivity index (χ2v) is 9.12. The molecule has 0 bridgehead atoms. The molecule has 1 unspecified atom stereocenters. The number of carbonyl (C=O) groups excluding carboxylic acids is 1. The number of rotatable bonds is 3. The van der Waals surface area contributed by atoms with Crippen molar-refractivity contribution in [2.24, 2.45) is 0 Å². The van der Waals surface area contributed by atoms with Crippen molar-refractivity contribution < 1.29 is 27.9 Å². The molecule has 0 saturated carbocycles. The minimum atomic E-state index is -5.08. The van der Waals surface area contributed by atoms with Crippen LogP contribution in [-0.4, -0.2) is 68.8 Å². The van der Waals surface area contributed by atoms with Gasteiger partial charge in [0.2, 0.25) is 0 Å². The molecule has 1 N–H and O–H groups in total. The number of halogens is 3. The van der Waals surface area contributed by atoms with Crippen LogP contribution in [0.3, 0.4) is 0 Å². The molecule has 2 saturated heterocycles. The first-order valence-electron chi connectivity index (χ1n) is 11.9. The Labute approximate surface area is 206 Å². The fourth-order valence-corrected chi connectivity index (χ4v) is 4.56. The highest BCUT2D eigenvalue weighted by Crippen LogP contribution is 2.27. The molecule has 5 rings (SSSR count). The first-order valence-corrected chi connectivity index (χ1v) is 11.9. The summed E-state index contributed by atoms with van der Waals surface area (Å²) in [6.45, 7) is 5.74. The molecule has 8 nitrogen and oxygen atoms in total. The fraction of sp³-hybridized carbons (Fsp3) is 0.440. The maximum atomic E-state index is 13.0. The van der Waals surface area contributed by atoms with Gasteiger partial charge in [-0.3, -0.25) is 4.79 Å². The molecular formula is C25H28F3N5O3. The molecule has 3 aromatic rings. The number of aryl methyl sites for hydroxylation is 1. The largest absolute Gasteiger partial charge is 0.490 e. The van der Waals surface area contributed by atoms with Gasteiger partial charge in [-0.2, -0.15) is 18.3 Å². The standard InChI is InChI=1S/C23H27N5O.C2HF3O2/c1-17-6-4-7-18(14-17)23(29)27-13-5-8-19(15-27)22-24-21-10-9-20(16-28(21)25-22)26-11-2-3-12-26;3-2(4,5)1(6)7/h4,6-7,9-10,14,16,19H,2-3,5,8,11-13,15H2,1H3;(H,6,7). The van der Waals surface area contributed by atoms with Crippen molar-refractivity contribution in [1.82, 2.24) is 19.5 Å². The van der Waals surface area contributed by atoms with Gasteiger partial charge in [0.05, 0.1) is 11.9 Å². The van der Waals surface area contributed by atoms with E-state index in [0.29, 0.717) is 6.54 Å². The molecule has 2 aliphatic rings. The Bertz CT molecular complexity index is 1240. The lowest BCUT2D eigenvalue weighted by molar-refractivity contribution is -0.192. The number of anilines is 1. The number of nitrogens with zero attached hydrogens (tertiary/aromatic N) is 5. The molecule has 4 heterocycles. The van der Waals surface area contributed by atoms with E-state index in [2.05, 4.69) is 23.2 Å². The summed E-state index contributed by atoms with van der Waals surface area (Å²) in [5, 5.41) is 11.9. The highest BCUT2D eigenvalue weighted by molar-refractivity contribution is 5.94. The van der Waals surface area contributed by atoms with E-state index in [-0.39, 0.29) is 11.8 Å². The molecule has 1 amide bonds. The number of carbonyl (C=O) groups is 2. The normalized spacial score (nSPS) is 18.2. The Morgan fingerprint density at radius 1 is 1.06 bits per heavy atom. The average molecular weight is 504 g/mol. The predicted octanol–water partition coefficient (Wildman–Crippen LogP) is 4.29. The molecule has 1 atom stereocenters. The Kier molecular flexibility index (Phi) is 7.46. The van der Waals surface area contributed by atoms with Crippen LogP contribution in [0.25, 0.3) is 5.65 Å². The number of aromatic nitrogens is 3. The number of carboxylic acids is 1. The fourth-order valence-electron chi connectivity index (χ4n) is 4.56. The summed E-state index contributed by atoms with van der Waals surface area (Å²) < 4.78 is 33.6. The summed E-state index contributed by atoms with van der Waals surface area (Å²) in [5.74, 6) is -1.61. The zero-order valence-electron chi connectivity index (χ0n) is 19.9. The lowest BCUT2D eigenvalue weighted by Crippen LogP contribution is -2.39. The summed E-state index contributed by atoms with van der Waals surface area (Å²) in [4.78, 5) is 31.0. The smallest absolute Gasteiger partial charge is 0.475 e. The summed E-state index contributed by atoms with van der Waals surface area (Å²) in [6.07, 6.45) is 1.53. The summed E-state index contributed by atoms with van der Waals surface area (Å²) in [7, 11) is 0. The lowest BCUT2D eigenvalue weighted by Gasteiger charge is -2.31. The van der Waals surface area contributed by atoms with Gasteiger partial charge in [0.25, 0.3) is 5.91 Å². The molecule has 0 radical (unpaired) electrons. The van der Waals surface area contributed by atoms with Crippen molar-refractivity contribution in [3.8, 4) is 0 Å². The molecular weight excluding hydrogens is 475 g/mol. The number of amides is 1. The number of hydrogen-bond donors (Lipinski definition) is 1. The van der Waals surface area contributed by atoms with E-state index in [9.17, 15) is 18.0 Å². The lowest BCUT2D eigenvalue weighted by atomic mass is 9.96. The summed E-state index contributed by atoms with van der Waals surface area (Å²) >= 11 is 0. The summed E-state index contributed by atoms with van der Waals surface area (Å²) in [5.41, 5.74) is 3.97.